The number of nitrogens with zero attached hydrogens (tertiary/aromatic N) is 1. The SMILES string of the molecule is Cl.O=C(NCC1CNC1)C1Cc2ccccc2CN1C(=O)c1ccco1. The van der Waals surface area contributed by atoms with Crippen molar-refractivity contribution in [1.29, 1.82) is 0 Å². The van der Waals surface area contributed by atoms with Crippen LogP contribution in [0.4, 0.5) is 0 Å². The Morgan fingerprint density at radius 3 is 2.58 bits per heavy atom. The molecule has 0 spiro atoms. The maximum atomic E-state index is 12.8. The van der Waals surface area contributed by atoms with Gasteiger partial charge in [0.25, 0.3) is 5.91 Å². The fourth-order valence-electron chi connectivity index (χ4n) is 3.37. The van der Waals surface area contributed by atoms with Crippen molar-refractivity contribution in [2.75, 3.05) is 19.6 Å². The molecule has 6 nitrogen and oxygen atoms in total. The highest BCUT2D eigenvalue weighted by molar-refractivity contribution is 5.96. The summed E-state index contributed by atoms with van der Waals surface area (Å²) >= 11 is 0. The van der Waals surface area contributed by atoms with Gasteiger partial charge in [0.2, 0.25) is 5.91 Å². The zero-order valence-corrected chi connectivity index (χ0v) is 15.1. The minimum absolute atomic E-state index is 0. The van der Waals surface area contributed by atoms with Crippen LogP contribution in [0.2, 0.25) is 0 Å². The number of carbonyl (C=O) groups excluding carboxylic acids is 2. The Bertz CT molecular complexity index is 774. The largest absolute Gasteiger partial charge is 0.459 e. The third kappa shape index (κ3) is 3.61. The second-order valence-electron chi connectivity index (χ2n) is 6.67. The van der Waals surface area contributed by atoms with Gasteiger partial charge in [0.1, 0.15) is 6.04 Å². The van der Waals surface area contributed by atoms with Gasteiger partial charge in [-0.3, -0.25) is 9.59 Å². The Morgan fingerprint density at radius 1 is 1.15 bits per heavy atom. The first kappa shape index (κ1) is 18.5. The van der Waals surface area contributed by atoms with E-state index in [1.54, 1.807) is 17.0 Å². The molecule has 1 atom stereocenters. The molecule has 1 aromatic heterocycles. The standard InChI is InChI=1S/C19H21N3O3.ClH/c23-18(21-11-13-9-20-10-13)16-8-14-4-1-2-5-15(14)12-22(16)19(24)17-6-3-7-25-17;/h1-7,13,16,20H,8-12H2,(H,21,23);1H. The van der Waals surface area contributed by atoms with Crippen molar-refractivity contribution in [2.45, 2.75) is 19.0 Å². The van der Waals surface area contributed by atoms with Crippen LogP contribution in [0.25, 0.3) is 0 Å². The van der Waals surface area contributed by atoms with Crippen LogP contribution >= 0.6 is 12.4 Å². The third-order valence-corrected chi connectivity index (χ3v) is 4.98. The molecule has 0 bridgehead atoms. The minimum atomic E-state index is -0.513. The Kier molecular flexibility index (Phi) is 5.64. The maximum absolute atomic E-state index is 12.8. The molecular formula is C19H22ClN3O3. The van der Waals surface area contributed by atoms with Crippen molar-refractivity contribution in [2.24, 2.45) is 5.92 Å². The summed E-state index contributed by atoms with van der Waals surface area (Å²) in [6, 6.07) is 10.8. The van der Waals surface area contributed by atoms with Crippen LogP contribution < -0.4 is 10.6 Å². The second kappa shape index (κ2) is 7.93. The fraction of sp³-hybridized carbons (Fsp3) is 0.368. The van der Waals surface area contributed by atoms with Crippen LogP contribution in [-0.2, 0) is 17.8 Å². The summed E-state index contributed by atoms with van der Waals surface area (Å²) in [7, 11) is 0. The van der Waals surface area contributed by atoms with Gasteiger partial charge >= 0.3 is 0 Å². The van der Waals surface area contributed by atoms with Crippen molar-refractivity contribution in [3.8, 4) is 0 Å². The van der Waals surface area contributed by atoms with Gasteiger partial charge in [0, 0.05) is 38.5 Å². The molecule has 1 saturated heterocycles. The average Bonchev–Trinajstić information content (AvgIpc) is 3.13. The van der Waals surface area contributed by atoms with Crippen LogP contribution in [0.15, 0.2) is 47.1 Å². The topological polar surface area (TPSA) is 74.6 Å². The van der Waals surface area contributed by atoms with Crippen LogP contribution in [0.1, 0.15) is 21.7 Å². The van der Waals surface area contributed by atoms with E-state index in [9.17, 15) is 9.59 Å². The first-order chi connectivity index (χ1) is 12.2. The lowest BCUT2D eigenvalue weighted by molar-refractivity contribution is -0.126. The van der Waals surface area contributed by atoms with Crippen molar-refractivity contribution in [3.05, 3.63) is 59.5 Å². The summed E-state index contributed by atoms with van der Waals surface area (Å²) in [5.74, 6) is 0.403. The van der Waals surface area contributed by atoms with Crippen molar-refractivity contribution < 1.29 is 14.0 Å². The van der Waals surface area contributed by atoms with E-state index in [0.717, 1.165) is 24.2 Å². The number of nitrogens with one attached hydrogen (secondary N) is 2. The summed E-state index contributed by atoms with van der Waals surface area (Å²) in [6.07, 6.45) is 2.00. The normalized spacial score (nSPS) is 19.1. The number of amides is 2. The van der Waals surface area contributed by atoms with E-state index in [1.807, 2.05) is 24.3 Å². The Balaban J connectivity index is 0.00000196. The summed E-state index contributed by atoms with van der Waals surface area (Å²) in [5.41, 5.74) is 2.20. The Morgan fingerprint density at radius 2 is 1.92 bits per heavy atom. The lowest BCUT2D eigenvalue weighted by Gasteiger charge is -2.36. The molecule has 3 heterocycles. The molecule has 2 aliphatic heterocycles. The molecule has 138 valence electrons. The average molecular weight is 376 g/mol. The van der Waals surface area contributed by atoms with Gasteiger partial charge in [-0.05, 0) is 23.3 Å². The quantitative estimate of drug-likeness (QED) is 0.851. The number of fused-ring (bicyclic) bond motifs is 1. The summed E-state index contributed by atoms with van der Waals surface area (Å²) in [6.45, 7) is 2.93. The molecule has 2 amide bonds. The van der Waals surface area contributed by atoms with Gasteiger partial charge in [0.05, 0.1) is 6.26 Å². The zero-order valence-electron chi connectivity index (χ0n) is 14.3. The Hall–Kier alpha value is -2.31. The first-order valence-electron chi connectivity index (χ1n) is 8.62. The summed E-state index contributed by atoms with van der Waals surface area (Å²) in [4.78, 5) is 27.2. The molecule has 1 unspecified atom stereocenters. The highest BCUT2D eigenvalue weighted by atomic mass is 35.5. The van der Waals surface area contributed by atoms with Gasteiger partial charge < -0.3 is 20.0 Å². The molecule has 0 saturated carbocycles. The van der Waals surface area contributed by atoms with Gasteiger partial charge in [-0.2, -0.15) is 0 Å². The number of furan rings is 1. The van der Waals surface area contributed by atoms with E-state index in [1.165, 1.54) is 6.26 Å². The number of halogens is 1. The monoisotopic (exact) mass is 375 g/mol. The molecule has 2 N–H and O–H groups in total. The Labute approximate surface area is 158 Å². The molecule has 1 aromatic carbocycles. The van der Waals surface area contributed by atoms with E-state index in [0.29, 0.717) is 25.4 Å². The van der Waals surface area contributed by atoms with Gasteiger partial charge in [-0.25, -0.2) is 0 Å². The van der Waals surface area contributed by atoms with Crippen LogP contribution in [-0.4, -0.2) is 42.4 Å². The van der Waals surface area contributed by atoms with Crippen molar-refractivity contribution in [1.82, 2.24) is 15.5 Å². The lowest BCUT2D eigenvalue weighted by atomic mass is 9.93. The van der Waals surface area contributed by atoms with Crippen LogP contribution in [0.3, 0.4) is 0 Å². The van der Waals surface area contributed by atoms with Crippen molar-refractivity contribution in [3.63, 3.8) is 0 Å². The van der Waals surface area contributed by atoms with E-state index >= 15 is 0 Å². The molecule has 0 radical (unpaired) electrons. The molecule has 2 aromatic rings. The fourth-order valence-corrected chi connectivity index (χ4v) is 3.37. The van der Waals surface area contributed by atoms with Crippen LogP contribution in [0, 0.1) is 5.92 Å². The molecule has 4 rings (SSSR count). The highest BCUT2D eigenvalue weighted by Crippen LogP contribution is 2.25. The molecule has 1 fully saturated rings. The minimum Gasteiger partial charge on any atom is -0.459 e. The third-order valence-electron chi connectivity index (χ3n) is 4.98. The number of hydrogen-bond donors (Lipinski definition) is 2. The number of benzene rings is 1. The number of rotatable bonds is 4. The first-order valence-corrected chi connectivity index (χ1v) is 8.62. The lowest BCUT2D eigenvalue weighted by Crippen LogP contribution is -2.55. The zero-order chi connectivity index (χ0) is 17.2. The van der Waals surface area contributed by atoms with E-state index < -0.39 is 6.04 Å². The summed E-state index contributed by atoms with van der Waals surface area (Å²) in [5, 5.41) is 6.21. The van der Waals surface area contributed by atoms with Gasteiger partial charge in [-0.1, -0.05) is 24.3 Å². The van der Waals surface area contributed by atoms with E-state index in [-0.39, 0.29) is 30.0 Å². The van der Waals surface area contributed by atoms with Crippen molar-refractivity contribution >= 4 is 24.2 Å². The second-order valence-corrected chi connectivity index (χ2v) is 6.67. The molecular weight excluding hydrogens is 354 g/mol. The molecule has 2 aliphatic rings. The van der Waals surface area contributed by atoms with Gasteiger partial charge in [-0.15, -0.1) is 12.4 Å². The molecule has 0 aliphatic carbocycles. The summed E-state index contributed by atoms with van der Waals surface area (Å²) < 4.78 is 5.26. The van der Waals surface area contributed by atoms with Crippen LogP contribution in [0.5, 0.6) is 0 Å². The number of carbonyl (C=O) groups is 2. The predicted octanol–water partition coefficient (Wildman–Crippen LogP) is 1.60. The molecule has 26 heavy (non-hydrogen) atoms. The van der Waals surface area contributed by atoms with E-state index in [2.05, 4.69) is 10.6 Å². The smallest absolute Gasteiger partial charge is 0.290 e. The highest BCUT2D eigenvalue weighted by Gasteiger charge is 2.36. The van der Waals surface area contributed by atoms with Gasteiger partial charge in [0.15, 0.2) is 5.76 Å². The molecule has 7 heteroatoms. The predicted molar refractivity (Wildman–Crippen MR) is 99.1 cm³/mol. The number of hydrogen-bond acceptors (Lipinski definition) is 4. The van der Waals surface area contributed by atoms with E-state index in [4.69, 9.17) is 4.42 Å². The maximum Gasteiger partial charge on any atom is 0.290 e.